The highest BCUT2D eigenvalue weighted by atomic mass is 35.5. The van der Waals surface area contributed by atoms with Crippen LogP contribution in [0, 0.1) is 0 Å². The third kappa shape index (κ3) is 4.00. The molecule has 1 aliphatic carbocycles. The van der Waals surface area contributed by atoms with Gasteiger partial charge in [-0.1, -0.05) is 18.2 Å². The molecular weight excluding hydrogens is 345 g/mol. The van der Waals surface area contributed by atoms with Crippen molar-refractivity contribution in [3.05, 3.63) is 41.6 Å². The molecule has 4 rings (SSSR count). The first-order valence-corrected chi connectivity index (χ1v) is 8.22. The molecule has 1 amide bonds. The Balaban J connectivity index is 0.00000104. The Labute approximate surface area is 154 Å². The molecule has 1 atom stereocenters. The number of para-hydroxylation sites is 1. The minimum absolute atomic E-state index is 0. The summed E-state index contributed by atoms with van der Waals surface area (Å²) in [5, 5.41) is 7.48. The van der Waals surface area contributed by atoms with Crippen LogP contribution in [0.15, 0.2) is 30.3 Å². The lowest BCUT2D eigenvalue weighted by molar-refractivity contribution is 0.0932. The number of hydrogen-bond donors (Lipinski definition) is 2. The van der Waals surface area contributed by atoms with Crippen LogP contribution in [0.2, 0.25) is 0 Å². The van der Waals surface area contributed by atoms with Gasteiger partial charge < -0.3 is 10.6 Å². The molecule has 1 aromatic carbocycles. The van der Waals surface area contributed by atoms with Gasteiger partial charge >= 0.3 is 0 Å². The van der Waals surface area contributed by atoms with Crippen molar-refractivity contribution in [2.24, 2.45) is 0 Å². The van der Waals surface area contributed by atoms with Crippen LogP contribution in [-0.4, -0.2) is 30.0 Å². The molecule has 24 heavy (non-hydrogen) atoms. The van der Waals surface area contributed by atoms with Gasteiger partial charge in [-0.2, -0.15) is 0 Å². The van der Waals surface area contributed by atoms with E-state index >= 15 is 0 Å². The standard InChI is InChI=1S/C18H21N3O.2ClH/c22-18(20-13-4-3-9-19-11-13)15-10-17(12-7-8-12)21-16-6-2-1-5-14(15)16;;/h1-2,5-6,10,12-13,19H,3-4,7-9,11H2,(H,20,22);2*1H. The van der Waals surface area contributed by atoms with Gasteiger partial charge in [0.05, 0.1) is 11.1 Å². The summed E-state index contributed by atoms with van der Waals surface area (Å²) in [6.45, 7) is 1.92. The summed E-state index contributed by atoms with van der Waals surface area (Å²) in [5.41, 5.74) is 2.78. The van der Waals surface area contributed by atoms with Gasteiger partial charge in [0.1, 0.15) is 0 Å². The first-order chi connectivity index (χ1) is 10.8. The third-order valence-electron chi connectivity index (χ3n) is 4.61. The van der Waals surface area contributed by atoms with Crippen LogP contribution >= 0.6 is 24.8 Å². The predicted molar refractivity (Wildman–Crippen MR) is 102 cm³/mol. The molecular formula is C18H23Cl2N3O. The first kappa shape index (κ1) is 19.0. The molecule has 1 unspecified atom stereocenters. The number of aromatic nitrogens is 1. The number of carbonyl (C=O) groups is 1. The molecule has 0 spiro atoms. The van der Waals surface area contributed by atoms with E-state index in [0.29, 0.717) is 5.92 Å². The quantitative estimate of drug-likeness (QED) is 0.873. The van der Waals surface area contributed by atoms with Gasteiger partial charge in [-0.3, -0.25) is 9.78 Å². The van der Waals surface area contributed by atoms with E-state index in [1.165, 1.54) is 12.8 Å². The van der Waals surface area contributed by atoms with E-state index in [4.69, 9.17) is 4.98 Å². The Kier molecular flexibility index (Phi) is 6.44. The maximum Gasteiger partial charge on any atom is 0.252 e. The zero-order valence-electron chi connectivity index (χ0n) is 13.5. The summed E-state index contributed by atoms with van der Waals surface area (Å²) in [6, 6.07) is 10.2. The van der Waals surface area contributed by atoms with Gasteiger partial charge in [-0.15, -0.1) is 24.8 Å². The van der Waals surface area contributed by atoms with Crippen LogP contribution in [0.1, 0.15) is 47.7 Å². The fourth-order valence-electron chi connectivity index (χ4n) is 3.21. The molecule has 2 heterocycles. The Morgan fingerprint density at radius 3 is 2.67 bits per heavy atom. The van der Waals surface area contributed by atoms with Crippen molar-refractivity contribution < 1.29 is 4.79 Å². The molecule has 2 aromatic rings. The van der Waals surface area contributed by atoms with Gasteiger partial charge in [0.2, 0.25) is 0 Å². The zero-order chi connectivity index (χ0) is 14.9. The van der Waals surface area contributed by atoms with Gasteiger partial charge in [-0.25, -0.2) is 0 Å². The smallest absolute Gasteiger partial charge is 0.252 e. The van der Waals surface area contributed by atoms with Crippen molar-refractivity contribution in [2.45, 2.75) is 37.6 Å². The molecule has 0 radical (unpaired) electrons. The summed E-state index contributed by atoms with van der Waals surface area (Å²) < 4.78 is 0. The Bertz CT molecular complexity index is 712. The van der Waals surface area contributed by atoms with E-state index in [9.17, 15) is 4.79 Å². The van der Waals surface area contributed by atoms with E-state index in [1.807, 2.05) is 30.3 Å². The minimum atomic E-state index is 0. The number of hydrogen-bond acceptors (Lipinski definition) is 3. The number of piperidine rings is 1. The van der Waals surface area contributed by atoms with Crippen molar-refractivity contribution in [2.75, 3.05) is 13.1 Å². The SMILES string of the molecule is Cl.Cl.O=C(NC1CCCNC1)c1cc(C2CC2)nc2ccccc12. The lowest BCUT2D eigenvalue weighted by Crippen LogP contribution is -2.45. The maximum absolute atomic E-state index is 12.8. The van der Waals surface area contributed by atoms with Crippen LogP contribution < -0.4 is 10.6 Å². The van der Waals surface area contributed by atoms with E-state index in [2.05, 4.69) is 10.6 Å². The maximum atomic E-state index is 12.8. The lowest BCUT2D eigenvalue weighted by atomic mass is 10.0. The average Bonchev–Trinajstić information content (AvgIpc) is 3.39. The number of rotatable bonds is 3. The highest BCUT2D eigenvalue weighted by molar-refractivity contribution is 6.06. The lowest BCUT2D eigenvalue weighted by Gasteiger charge is -2.24. The van der Waals surface area contributed by atoms with Crippen LogP contribution in [0.4, 0.5) is 0 Å². The molecule has 1 saturated carbocycles. The largest absolute Gasteiger partial charge is 0.348 e. The van der Waals surface area contributed by atoms with E-state index in [1.54, 1.807) is 0 Å². The van der Waals surface area contributed by atoms with Crippen molar-refractivity contribution in [1.82, 2.24) is 15.6 Å². The first-order valence-electron chi connectivity index (χ1n) is 8.22. The molecule has 4 nitrogen and oxygen atoms in total. The Morgan fingerprint density at radius 1 is 1.17 bits per heavy atom. The van der Waals surface area contributed by atoms with Crippen molar-refractivity contribution in [3.8, 4) is 0 Å². The summed E-state index contributed by atoms with van der Waals surface area (Å²) in [4.78, 5) is 17.5. The fourth-order valence-corrected chi connectivity index (χ4v) is 3.21. The van der Waals surface area contributed by atoms with Gasteiger partial charge in [0.25, 0.3) is 5.91 Å². The number of nitrogens with zero attached hydrogens (tertiary/aromatic N) is 1. The zero-order valence-corrected chi connectivity index (χ0v) is 15.1. The summed E-state index contributed by atoms with van der Waals surface area (Å²) in [6.07, 6.45) is 4.56. The number of carbonyl (C=O) groups excluding carboxylic acids is 1. The van der Waals surface area contributed by atoms with E-state index < -0.39 is 0 Å². The number of fused-ring (bicyclic) bond motifs is 1. The van der Waals surface area contributed by atoms with Crippen molar-refractivity contribution >= 4 is 41.6 Å². The second-order valence-electron chi connectivity index (χ2n) is 6.40. The summed E-state index contributed by atoms with van der Waals surface area (Å²) in [7, 11) is 0. The van der Waals surface area contributed by atoms with Gasteiger partial charge in [-0.05, 0) is 44.4 Å². The summed E-state index contributed by atoms with van der Waals surface area (Å²) in [5.74, 6) is 0.585. The molecule has 1 aliphatic heterocycles. The highest BCUT2D eigenvalue weighted by Crippen LogP contribution is 2.40. The summed E-state index contributed by atoms with van der Waals surface area (Å²) >= 11 is 0. The number of nitrogens with one attached hydrogen (secondary N) is 2. The minimum Gasteiger partial charge on any atom is -0.348 e. The Hall–Kier alpha value is -1.36. The second kappa shape index (κ2) is 8.15. The monoisotopic (exact) mass is 367 g/mol. The molecule has 0 bridgehead atoms. The topological polar surface area (TPSA) is 54.0 Å². The number of amides is 1. The van der Waals surface area contributed by atoms with Crippen LogP contribution in [-0.2, 0) is 0 Å². The fraction of sp³-hybridized carbons (Fsp3) is 0.444. The molecule has 2 aliphatic rings. The number of benzene rings is 1. The van der Waals surface area contributed by atoms with Crippen LogP contribution in [0.5, 0.6) is 0 Å². The second-order valence-corrected chi connectivity index (χ2v) is 6.40. The van der Waals surface area contributed by atoms with Crippen LogP contribution in [0.3, 0.4) is 0 Å². The van der Waals surface area contributed by atoms with Gasteiger partial charge in [0.15, 0.2) is 0 Å². The molecule has 2 fully saturated rings. The molecule has 2 N–H and O–H groups in total. The van der Waals surface area contributed by atoms with Crippen LogP contribution in [0.25, 0.3) is 10.9 Å². The van der Waals surface area contributed by atoms with E-state index in [-0.39, 0.29) is 36.8 Å². The normalized spacial score (nSPS) is 19.9. The van der Waals surface area contributed by atoms with Crippen molar-refractivity contribution in [1.29, 1.82) is 0 Å². The van der Waals surface area contributed by atoms with Gasteiger partial charge in [0, 0.05) is 29.6 Å². The molecule has 1 saturated heterocycles. The van der Waals surface area contributed by atoms with Crippen molar-refractivity contribution in [3.63, 3.8) is 0 Å². The molecule has 130 valence electrons. The predicted octanol–water partition coefficient (Wildman–Crippen LogP) is 3.44. The average molecular weight is 368 g/mol. The Morgan fingerprint density at radius 2 is 1.96 bits per heavy atom. The van der Waals surface area contributed by atoms with E-state index in [0.717, 1.165) is 48.1 Å². The molecule has 6 heteroatoms. The third-order valence-corrected chi connectivity index (χ3v) is 4.61. The highest BCUT2D eigenvalue weighted by Gasteiger charge is 2.27. The number of halogens is 2. The number of pyridine rings is 1. The molecule has 1 aromatic heterocycles.